The largest absolute Gasteiger partial charge is 0.384 e. The number of hydrogen-bond donors (Lipinski definition) is 0. The molecule has 0 aromatic heterocycles. The maximum atomic E-state index is 5.30. The molecule has 0 atom stereocenters. The van der Waals surface area contributed by atoms with Gasteiger partial charge in [-0.05, 0) is 68.6 Å². The van der Waals surface area contributed by atoms with Crippen molar-refractivity contribution in [2.75, 3.05) is 13.7 Å². The summed E-state index contributed by atoms with van der Waals surface area (Å²) >= 11 is 0. The highest BCUT2D eigenvalue weighted by atomic mass is 16.5. The molecule has 122 valence electrons. The highest BCUT2D eigenvalue weighted by Crippen LogP contribution is 2.36. The normalized spacial score (nSPS) is 34.4. The van der Waals surface area contributed by atoms with Crippen LogP contribution in [0.5, 0.6) is 0 Å². The SMILES string of the molecule is CCC=C[C@H]1CC[C@H](CC[C@H]2CC[C@H](COC)CC2)CC1. The van der Waals surface area contributed by atoms with Gasteiger partial charge in [-0.1, -0.05) is 44.8 Å². The number of ether oxygens (including phenoxy) is 1. The van der Waals surface area contributed by atoms with Crippen LogP contribution in [0.1, 0.15) is 77.6 Å². The zero-order chi connectivity index (χ0) is 14.9. The van der Waals surface area contributed by atoms with Gasteiger partial charge in [0.25, 0.3) is 0 Å². The molecule has 0 N–H and O–H groups in total. The van der Waals surface area contributed by atoms with E-state index in [0.29, 0.717) is 0 Å². The van der Waals surface area contributed by atoms with E-state index in [1.54, 1.807) is 0 Å². The molecule has 0 spiro atoms. The Kier molecular flexibility index (Phi) is 7.85. The van der Waals surface area contributed by atoms with Crippen molar-refractivity contribution in [3.05, 3.63) is 12.2 Å². The monoisotopic (exact) mass is 292 g/mol. The van der Waals surface area contributed by atoms with Crippen LogP contribution < -0.4 is 0 Å². The molecule has 2 rings (SSSR count). The third-order valence-corrected chi connectivity index (χ3v) is 5.89. The first-order chi connectivity index (χ1) is 10.3. The average molecular weight is 293 g/mol. The lowest BCUT2D eigenvalue weighted by atomic mass is 9.75. The first kappa shape index (κ1) is 17.1. The van der Waals surface area contributed by atoms with E-state index >= 15 is 0 Å². The molecule has 1 heteroatoms. The summed E-state index contributed by atoms with van der Waals surface area (Å²) in [6, 6.07) is 0. The Labute approximate surface area is 132 Å². The molecule has 0 radical (unpaired) electrons. The highest BCUT2D eigenvalue weighted by molar-refractivity contribution is 4.90. The van der Waals surface area contributed by atoms with Crippen molar-refractivity contribution in [1.29, 1.82) is 0 Å². The standard InChI is InChI=1S/C20H36O/c1-3-4-5-17-6-8-18(9-7-17)10-11-19-12-14-20(15-13-19)16-21-2/h4-5,17-20H,3,6-16H2,1-2H3/t17-,18-,19-,20-. The Morgan fingerprint density at radius 2 is 1.33 bits per heavy atom. The minimum atomic E-state index is 0.854. The van der Waals surface area contributed by atoms with E-state index in [-0.39, 0.29) is 0 Å². The van der Waals surface area contributed by atoms with E-state index in [4.69, 9.17) is 4.74 Å². The first-order valence-corrected chi connectivity index (χ1v) is 9.47. The van der Waals surface area contributed by atoms with Crippen molar-refractivity contribution in [2.24, 2.45) is 23.7 Å². The zero-order valence-corrected chi connectivity index (χ0v) is 14.4. The summed E-state index contributed by atoms with van der Waals surface area (Å²) in [5, 5.41) is 0. The molecule has 0 bridgehead atoms. The van der Waals surface area contributed by atoms with Crippen molar-refractivity contribution in [2.45, 2.75) is 77.6 Å². The number of allylic oxidation sites excluding steroid dienone is 2. The van der Waals surface area contributed by atoms with E-state index in [0.717, 1.165) is 30.3 Å². The topological polar surface area (TPSA) is 9.23 Å². The van der Waals surface area contributed by atoms with Crippen molar-refractivity contribution in [1.82, 2.24) is 0 Å². The Hall–Kier alpha value is -0.300. The molecule has 21 heavy (non-hydrogen) atoms. The van der Waals surface area contributed by atoms with Crippen LogP contribution in [0, 0.1) is 23.7 Å². The molecule has 1 nitrogen and oxygen atoms in total. The maximum absolute atomic E-state index is 5.30. The molecule has 2 aliphatic carbocycles. The van der Waals surface area contributed by atoms with Crippen LogP contribution in [0.4, 0.5) is 0 Å². The second-order valence-corrected chi connectivity index (χ2v) is 7.54. The minimum Gasteiger partial charge on any atom is -0.384 e. The fourth-order valence-corrected chi connectivity index (χ4v) is 4.39. The van der Waals surface area contributed by atoms with Crippen LogP contribution in [-0.2, 0) is 4.74 Å². The number of methoxy groups -OCH3 is 1. The van der Waals surface area contributed by atoms with Crippen LogP contribution >= 0.6 is 0 Å². The van der Waals surface area contributed by atoms with Crippen molar-refractivity contribution >= 4 is 0 Å². The first-order valence-electron chi connectivity index (χ1n) is 9.47. The van der Waals surface area contributed by atoms with Crippen LogP contribution in [0.15, 0.2) is 12.2 Å². The predicted molar refractivity (Wildman–Crippen MR) is 91.4 cm³/mol. The van der Waals surface area contributed by atoms with E-state index in [2.05, 4.69) is 19.1 Å². The summed E-state index contributed by atoms with van der Waals surface area (Å²) in [6.45, 7) is 3.23. The van der Waals surface area contributed by atoms with Crippen molar-refractivity contribution in [3.8, 4) is 0 Å². The molecule has 0 heterocycles. The van der Waals surface area contributed by atoms with Crippen molar-refractivity contribution in [3.63, 3.8) is 0 Å². The van der Waals surface area contributed by atoms with Gasteiger partial charge in [0.2, 0.25) is 0 Å². The second-order valence-electron chi connectivity index (χ2n) is 7.54. The lowest BCUT2D eigenvalue weighted by molar-refractivity contribution is 0.115. The van der Waals surface area contributed by atoms with Gasteiger partial charge in [-0.15, -0.1) is 0 Å². The molecule has 0 aromatic carbocycles. The van der Waals surface area contributed by atoms with Gasteiger partial charge < -0.3 is 4.74 Å². The summed E-state index contributed by atoms with van der Waals surface area (Å²) in [4.78, 5) is 0. The number of hydrogen-bond acceptors (Lipinski definition) is 1. The summed E-state index contributed by atoms with van der Waals surface area (Å²) in [5.41, 5.74) is 0. The van der Waals surface area contributed by atoms with Gasteiger partial charge >= 0.3 is 0 Å². The predicted octanol–water partition coefficient (Wildman–Crippen LogP) is 5.99. The highest BCUT2D eigenvalue weighted by Gasteiger charge is 2.24. The van der Waals surface area contributed by atoms with Gasteiger partial charge in [0.15, 0.2) is 0 Å². The maximum Gasteiger partial charge on any atom is 0.0490 e. The molecule has 2 aliphatic rings. The van der Waals surface area contributed by atoms with Crippen LogP contribution in [-0.4, -0.2) is 13.7 Å². The molecule has 0 aliphatic heterocycles. The molecule has 2 fully saturated rings. The van der Waals surface area contributed by atoms with Gasteiger partial charge in [-0.3, -0.25) is 0 Å². The molecular weight excluding hydrogens is 256 g/mol. The molecule has 0 saturated heterocycles. The molecule has 2 saturated carbocycles. The fourth-order valence-electron chi connectivity index (χ4n) is 4.39. The van der Waals surface area contributed by atoms with Gasteiger partial charge in [-0.2, -0.15) is 0 Å². The van der Waals surface area contributed by atoms with Gasteiger partial charge in [0.05, 0.1) is 0 Å². The van der Waals surface area contributed by atoms with E-state index in [9.17, 15) is 0 Å². The quantitative estimate of drug-likeness (QED) is 0.523. The van der Waals surface area contributed by atoms with Crippen LogP contribution in [0.3, 0.4) is 0 Å². The van der Waals surface area contributed by atoms with Gasteiger partial charge in [-0.25, -0.2) is 0 Å². The summed E-state index contributed by atoms with van der Waals surface area (Å²) in [7, 11) is 1.85. The fraction of sp³-hybridized carbons (Fsp3) is 0.900. The van der Waals surface area contributed by atoms with E-state index in [1.165, 1.54) is 70.6 Å². The Balaban J connectivity index is 1.57. The minimum absolute atomic E-state index is 0.854. The smallest absolute Gasteiger partial charge is 0.0490 e. The summed E-state index contributed by atoms with van der Waals surface area (Å²) < 4.78 is 5.30. The third-order valence-electron chi connectivity index (χ3n) is 5.89. The lowest BCUT2D eigenvalue weighted by Gasteiger charge is -2.31. The summed E-state index contributed by atoms with van der Waals surface area (Å²) in [6.07, 6.45) is 20.6. The second kappa shape index (κ2) is 9.66. The Bertz CT molecular complexity index is 280. The Morgan fingerprint density at radius 1 is 0.810 bits per heavy atom. The molecule has 0 amide bonds. The van der Waals surface area contributed by atoms with Crippen LogP contribution in [0.25, 0.3) is 0 Å². The van der Waals surface area contributed by atoms with Gasteiger partial charge in [0, 0.05) is 13.7 Å². The van der Waals surface area contributed by atoms with E-state index in [1.807, 2.05) is 7.11 Å². The van der Waals surface area contributed by atoms with E-state index < -0.39 is 0 Å². The molecular formula is C20H36O. The zero-order valence-electron chi connectivity index (χ0n) is 14.4. The lowest BCUT2D eigenvalue weighted by Crippen LogP contribution is -2.19. The van der Waals surface area contributed by atoms with Crippen LogP contribution in [0.2, 0.25) is 0 Å². The molecule has 0 unspecified atom stereocenters. The summed E-state index contributed by atoms with van der Waals surface area (Å²) in [5.74, 6) is 3.81. The third kappa shape index (κ3) is 6.14. The van der Waals surface area contributed by atoms with Gasteiger partial charge in [0.1, 0.15) is 0 Å². The number of rotatable bonds is 7. The van der Waals surface area contributed by atoms with Crippen molar-refractivity contribution < 1.29 is 4.74 Å². The average Bonchev–Trinajstić information content (AvgIpc) is 2.53. The Morgan fingerprint density at radius 3 is 1.86 bits per heavy atom. The molecule has 0 aromatic rings.